The number of carbonyl (C=O) groups excluding carboxylic acids is 1. The minimum atomic E-state index is -3.68. The number of carbonyl (C=O) groups is 1. The van der Waals surface area contributed by atoms with E-state index in [1.807, 2.05) is 31.1 Å². The standard InChI is InChI=1S/C23H31N3O6S/c1-25(2)19(20-5-3-12-30-20)16-24-23(27)17-8-10-26(11-9-17)33(28,29)18-6-7-21-22(15-18)32-14-4-13-31-21/h3,5-7,12,15,17,19H,4,8-11,13-14,16H2,1-2H3,(H,24,27)/t19-/m0/s1. The molecule has 1 amide bonds. The van der Waals surface area contributed by atoms with Gasteiger partial charge in [-0.15, -0.1) is 0 Å². The Labute approximate surface area is 194 Å². The molecule has 2 aromatic rings. The lowest BCUT2D eigenvalue weighted by Crippen LogP contribution is -2.44. The molecule has 1 atom stereocenters. The lowest BCUT2D eigenvalue weighted by atomic mass is 9.97. The molecule has 2 aliphatic rings. The Morgan fingerprint density at radius 2 is 1.88 bits per heavy atom. The van der Waals surface area contributed by atoms with Gasteiger partial charge in [0.05, 0.1) is 30.4 Å². The average Bonchev–Trinajstić information content (AvgIpc) is 3.23. The average molecular weight is 478 g/mol. The molecule has 9 nitrogen and oxygen atoms in total. The summed E-state index contributed by atoms with van der Waals surface area (Å²) >= 11 is 0. The fraction of sp³-hybridized carbons (Fsp3) is 0.522. The van der Waals surface area contributed by atoms with E-state index in [1.165, 1.54) is 10.4 Å². The predicted octanol–water partition coefficient (Wildman–Crippen LogP) is 2.26. The number of benzene rings is 1. The molecule has 0 spiro atoms. The number of piperidine rings is 1. The number of hydrogen-bond donors (Lipinski definition) is 1. The van der Waals surface area contributed by atoms with Gasteiger partial charge < -0.3 is 19.2 Å². The Hall–Kier alpha value is -2.56. The van der Waals surface area contributed by atoms with Gasteiger partial charge in [0, 0.05) is 38.0 Å². The third kappa shape index (κ3) is 5.34. The Kier molecular flexibility index (Phi) is 7.26. The minimum Gasteiger partial charge on any atom is -0.490 e. The van der Waals surface area contributed by atoms with E-state index >= 15 is 0 Å². The Bertz CT molecular complexity index is 1050. The summed E-state index contributed by atoms with van der Waals surface area (Å²) in [5, 5.41) is 3.01. The van der Waals surface area contributed by atoms with Crippen LogP contribution in [-0.4, -0.2) is 70.5 Å². The maximum absolute atomic E-state index is 13.2. The number of rotatable bonds is 7. The third-order valence-electron chi connectivity index (χ3n) is 6.15. The normalized spacial score (nSPS) is 18.6. The van der Waals surface area contributed by atoms with Crippen LogP contribution in [0.4, 0.5) is 0 Å². The quantitative estimate of drug-likeness (QED) is 0.653. The number of fused-ring (bicyclic) bond motifs is 1. The highest BCUT2D eigenvalue weighted by molar-refractivity contribution is 7.89. The molecule has 1 N–H and O–H groups in total. The number of ether oxygens (including phenoxy) is 2. The molecule has 0 radical (unpaired) electrons. The zero-order chi connectivity index (χ0) is 23.4. The lowest BCUT2D eigenvalue weighted by Gasteiger charge is -2.31. The maximum Gasteiger partial charge on any atom is 0.243 e. The van der Waals surface area contributed by atoms with Crippen LogP contribution in [0, 0.1) is 5.92 Å². The van der Waals surface area contributed by atoms with Crippen molar-refractivity contribution in [3.05, 3.63) is 42.4 Å². The fourth-order valence-corrected chi connectivity index (χ4v) is 5.66. The second-order valence-corrected chi connectivity index (χ2v) is 10.5. The molecule has 0 unspecified atom stereocenters. The van der Waals surface area contributed by atoms with Crippen LogP contribution in [0.15, 0.2) is 45.9 Å². The van der Waals surface area contributed by atoms with E-state index in [2.05, 4.69) is 5.32 Å². The molecule has 1 fully saturated rings. The monoisotopic (exact) mass is 477 g/mol. The lowest BCUT2D eigenvalue weighted by molar-refractivity contribution is -0.126. The molecular weight excluding hydrogens is 446 g/mol. The van der Waals surface area contributed by atoms with Crippen LogP contribution in [0.25, 0.3) is 0 Å². The van der Waals surface area contributed by atoms with Crippen molar-refractivity contribution in [2.45, 2.75) is 30.2 Å². The summed E-state index contributed by atoms with van der Waals surface area (Å²) in [7, 11) is 0.190. The van der Waals surface area contributed by atoms with Gasteiger partial charge in [0.25, 0.3) is 0 Å². The van der Waals surface area contributed by atoms with E-state index in [9.17, 15) is 13.2 Å². The van der Waals surface area contributed by atoms with Crippen molar-refractivity contribution in [2.24, 2.45) is 5.92 Å². The van der Waals surface area contributed by atoms with Crippen LogP contribution in [0.2, 0.25) is 0 Å². The molecule has 180 valence electrons. The van der Waals surface area contributed by atoms with Crippen LogP contribution in [0.1, 0.15) is 31.1 Å². The molecule has 0 bridgehead atoms. The second kappa shape index (κ2) is 10.1. The van der Waals surface area contributed by atoms with Crippen molar-refractivity contribution in [1.29, 1.82) is 0 Å². The van der Waals surface area contributed by atoms with Crippen molar-refractivity contribution >= 4 is 15.9 Å². The number of nitrogens with zero attached hydrogens (tertiary/aromatic N) is 2. The van der Waals surface area contributed by atoms with Crippen LogP contribution in [0.5, 0.6) is 11.5 Å². The molecule has 10 heteroatoms. The van der Waals surface area contributed by atoms with Gasteiger partial charge in [0.15, 0.2) is 11.5 Å². The number of likely N-dealkylation sites (N-methyl/N-ethyl adjacent to an activating group) is 1. The SMILES string of the molecule is CN(C)[C@@H](CNC(=O)C1CCN(S(=O)(=O)c2ccc3c(c2)OCCCO3)CC1)c1ccco1. The first-order valence-corrected chi connectivity index (χ1v) is 12.7. The van der Waals surface area contributed by atoms with Gasteiger partial charge >= 0.3 is 0 Å². The van der Waals surface area contributed by atoms with Gasteiger partial charge in [-0.1, -0.05) is 0 Å². The summed E-state index contributed by atoms with van der Waals surface area (Å²) in [5.74, 6) is 1.53. The van der Waals surface area contributed by atoms with Gasteiger partial charge in [-0.3, -0.25) is 9.69 Å². The molecule has 33 heavy (non-hydrogen) atoms. The summed E-state index contributed by atoms with van der Waals surface area (Å²) < 4.78 is 44.5. The van der Waals surface area contributed by atoms with Crippen LogP contribution in [-0.2, 0) is 14.8 Å². The Morgan fingerprint density at radius 1 is 1.15 bits per heavy atom. The highest BCUT2D eigenvalue weighted by Crippen LogP contribution is 2.33. The largest absolute Gasteiger partial charge is 0.490 e. The van der Waals surface area contributed by atoms with E-state index in [0.29, 0.717) is 57.2 Å². The molecule has 0 aliphatic carbocycles. The number of hydrogen-bond acceptors (Lipinski definition) is 7. The first-order valence-electron chi connectivity index (χ1n) is 11.2. The number of nitrogens with one attached hydrogen (secondary N) is 1. The summed E-state index contributed by atoms with van der Waals surface area (Å²) in [6, 6.07) is 8.38. The molecule has 4 rings (SSSR count). The van der Waals surface area contributed by atoms with Crippen LogP contribution >= 0.6 is 0 Å². The molecule has 0 saturated carbocycles. The van der Waals surface area contributed by atoms with Crippen LogP contribution < -0.4 is 14.8 Å². The first kappa shape index (κ1) is 23.6. The number of sulfonamides is 1. The van der Waals surface area contributed by atoms with E-state index in [4.69, 9.17) is 13.9 Å². The van der Waals surface area contributed by atoms with E-state index in [1.54, 1.807) is 18.4 Å². The summed E-state index contributed by atoms with van der Waals surface area (Å²) in [6.07, 6.45) is 3.32. The number of furan rings is 1. The van der Waals surface area contributed by atoms with Crippen molar-refractivity contribution in [1.82, 2.24) is 14.5 Å². The fourth-order valence-electron chi connectivity index (χ4n) is 4.17. The number of amides is 1. The van der Waals surface area contributed by atoms with Crippen molar-refractivity contribution in [3.8, 4) is 11.5 Å². The molecule has 2 aliphatic heterocycles. The van der Waals surface area contributed by atoms with E-state index < -0.39 is 10.0 Å². The topological polar surface area (TPSA) is 101 Å². The molecule has 1 saturated heterocycles. The highest BCUT2D eigenvalue weighted by atomic mass is 32.2. The zero-order valence-corrected chi connectivity index (χ0v) is 19.8. The van der Waals surface area contributed by atoms with Gasteiger partial charge in [0.2, 0.25) is 15.9 Å². The molecule has 1 aromatic carbocycles. The first-order chi connectivity index (χ1) is 15.9. The van der Waals surface area contributed by atoms with Crippen molar-refractivity contribution < 1.29 is 27.1 Å². The zero-order valence-electron chi connectivity index (χ0n) is 19.0. The van der Waals surface area contributed by atoms with E-state index in [0.717, 1.165) is 12.2 Å². The van der Waals surface area contributed by atoms with Gasteiger partial charge in [-0.25, -0.2) is 8.42 Å². The molecule has 3 heterocycles. The maximum atomic E-state index is 13.2. The second-order valence-electron chi connectivity index (χ2n) is 8.58. The van der Waals surface area contributed by atoms with Gasteiger partial charge in [-0.2, -0.15) is 4.31 Å². The van der Waals surface area contributed by atoms with Gasteiger partial charge in [0.1, 0.15) is 5.76 Å². The van der Waals surface area contributed by atoms with Crippen LogP contribution in [0.3, 0.4) is 0 Å². The van der Waals surface area contributed by atoms with Crippen molar-refractivity contribution in [3.63, 3.8) is 0 Å². The predicted molar refractivity (Wildman–Crippen MR) is 122 cm³/mol. The summed E-state index contributed by atoms with van der Waals surface area (Å²) in [4.78, 5) is 14.9. The van der Waals surface area contributed by atoms with Gasteiger partial charge in [-0.05, 0) is 51.2 Å². The van der Waals surface area contributed by atoms with Crippen molar-refractivity contribution in [2.75, 3.05) is 46.9 Å². The molecular formula is C23H31N3O6S. The third-order valence-corrected chi connectivity index (χ3v) is 8.04. The Morgan fingerprint density at radius 3 is 2.55 bits per heavy atom. The minimum absolute atomic E-state index is 0.0546. The smallest absolute Gasteiger partial charge is 0.243 e. The van der Waals surface area contributed by atoms with E-state index in [-0.39, 0.29) is 22.8 Å². The summed E-state index contributed by atoms with van der Waals surface area (Å²) in [5.41, 5.74) is 0. The summed E-state index contributed by atoms with van der Waals surface area (Å²) in [6.45, 7) is 2.06. The highest BCUT2D eigenvalue weighted by Gasteiger charge is 2.33. The Balaban J connectivity index is 1.34. The molecule has 1 aromatic heterocycles.